The predicted molar refractivity (Wildman–Crippen MR) is 82.7 cm³/mol. The molecule has 0 unspecified atom stereocenters. The standard InChI is InChI=1S/C15H16N2O4S/c1-2-21-11-5-3-4-10(8-11)14(18)16-7-6-13-17-12(9-22-13)15(19)20/h3-5,8-9H,2,6-7H2,1H3,(H,16,18)(H,19,20). The Morgan fingerprint density at radius 3 is 2.91 bits per heavy atom. The average Bonchev–Trinajstić information content (AvgIpc) is 2.97. The van der Waals surface area contributed by atoms with Crippen LogP contribution in [0.5, 0.6) is 5.75 Å². The second-order valence-corrected chi connectivity index (χ2v) is 5.34. The summed E-state index contributed by atoms with van der Waals surface area (Å²) in [5, 5.41) is 13.7. The van der Waals surface area contributed by atoms with Crippen LogP contribution in [-0.2, 0) is 6.42 Å². The minimum absolute atomic E-state index is 0.0377. The Balaban J connectivity index is 1.86. The number of hydrogen-bond donors (Lipinski definition) is 2. The van der Waals surface area contributed by atoms with Gasteiger partial charge >= 0.3 is 5.97 Å². The van der Waals surface area contributed by atoms with Crippen LogP contribution in [0.25, 0.3) is 0 Å². The Hall–Kier alpha value is -2.41. The SMILES string of the molecule is CCOc1cccc(C(=O)NCCc2nc(C(=O)O)cs2)c1. The summed E-state index contributed by atoms with van der Waals surface area (Å²) in [6.45, 7) is 2.82. The number of carbonyl (C=O) groups excluding carboxylic acids is 1. The number of carbonyl (C=O) groups is 2. The van der Waals surface area contributed by atoms with Crippen LogP contribution in [0.4, 0.5) is 0 Å². The van der Waals surface area contributed by atoms with E-state index in [0.717, 1.165) is 0 Å². The van der Waals surface area contributed by atoms with Crippen LogP contribution in [0.1, 0.15) is 32.8 Å². The molecule has 2 rings (SSSR count). The lowest BCUT2D eigenvalue weighted by molar-refractivity contribution is 0.0690. The minimum atomic E-state index is -1.04. The first-order valence-electron chi connectivity index (χ1n) is 6.79. The summed E-state index contributed by atoms with van der Waals surface area (Å²) in [7, 11) is 0. The molecule has 0 aliphatic heterocycles. The van der Waals surface area contributed by atoms with Gasteiger partial charge < -0.3 is 15.2 Å². The maximum absolute atomic E-state index is 12.0. The number of aromatic carboxylic acids is 1. The molecule has 0 spiro atoms. The van der Waals surface area contributed by atoms with E-state index < -0.39 is 5.97 Å². The first-order chi connectivity index (χ1) is 10.6. The van der Waals surface area contributed by atoms with Gasteiger partial charge in [0.15, 0.2) is 5.69 Å². The molecule has 7 heteroatoms. The van der Waals surface area contributed by atoms with Crippen molar-refractivity contribution < 1.29 is 19.4 Å². The maximum atomic E-state index is 12.0. The third kappa shape index (κ3) is 4.29. The number of benzene rings is 1. The van der Waals surface area contributed by atoms with Crippen LogP contribution in [0.3, 0.4) is 0 Å². The van der Waals surface area contributed by atoms with Gasteiger partial charge in [-0.25, -0.2) is 9.78 Å². The van der Waals surface area contributed by atoms with Crippen LogP contribution < -0.4 is 10.1 Å². The van der Waals surface area contributed by atoms with Gasteiger partial charge in [-0.1, -0.05) is 6.07 Å². The zero-order chi connectivity index (χ0) is 15.9. The molecule has 2 N–H and O–H groups in total. The number of nitrogens with zero attached hydrogens (tertiary/aromatic N) is 1. The Morgan fingerprint density at radius 1 is 1.41 bits per heavy atom. The molecule has 0 aliphatic rings. The molecule has 6 nitrogen and oxygen atoms in total. The van der Waals surface area contributed by atoms with E-state index in [4.69, 9.17) is 9.84 Å². The fraction of sp³-hybridized carbons (Fsp3) is 0.267. The number of carboxylic acid groups (broad SMARTS) is 1. The summed E-state index contributed by atoms with van der Waals surface area (Å²) in [6.07, 6.45) is 0.495. The van der Waals surface area contributed by atoms with Crippen LogP contribution in [-0.4, -0.2) is 35.1 Å². The van der Waals surface area contributed by atoms with Crippen molar-refractivity contribution in [1.29, 1.82) is 0 Å². The van der Waals surface area contributed by atoms with Crippen molar-refractivity contribution in [2.45, 2.75) is 13.3 Å². The topological polar surface area (TPSA) is 88.5 Å². The second kappa shape index (κ2) is 7.56. The zero-order valence-electron chi connectivity index (χ0n) is 12.0. The number of carboxylic acids is 1. The Kier molecular flexibility index (Phi) is 5.48. The van der Waals surface area contributed by atoms with Crippen molar-refractivity contribution in [3.8, 4) is 5.75 Å². The summed E-state index contributed by atoms with van der Waals surface area (Å²) < 4.78 is 5.35. The molecule has 0 atom stereocenters. The molecule has 0 saturated heterocycles. The molecule has 2 aromatic rings. The van der Waals surface area contributed by atoms with E-state index in [9.17, 15) is 9.59 Å². The zero-order valence-corrected chi connectivity index (χ0v) is 12.9. The van der Waals surface area contributed by atoms with Crippen molar-refractivity contribution in [2.75, 3.05) is 13.2 Å². The first kappa shape index (κ1) is 16.0. The van der Waals surface area contributed by atoms with E-state index in [1.54, 1.807) is 24.3 Å². The lowest BCUT2D eigenvalue weighted by Crippen LogP contribution is -2.25. The van der Waals surface area contributed by atoms with Gasteiger partial charge in [-0.3, -0.25) is 4.79 Å². The van der Waals surface area contributed by atoms with Crippen molar-refractivity contribution >= 4 is 23.2 Å². The van der Waals surface area contributed by atoms with Gasteiger partial charge in [0.25, 0.3) is 5.91 Å². The summed E-state index contributed by atoms with van der Waals surface area (Å²) in [6, 6.07) is 6.96. The molecule has 1 aromatic heterocycles. The number of rotatable bonds is 7. The molecular weight excluding hydrogens is 304 g/mol. The molecule has 116 valence electrons. The number of hydrogen-bond acceptors (Lipinski definition) is 5. The van der Waals surface area contributed by atoms with Gasteiger partial charge in [-0.05, 0) is 25.1 Å². The fourth-order valence-electron chi connectivity index (χ4n) is 1.80. The molecular formula is C15H16N2O4S. The third-order valence-electron chi connectivity index (χ3n) is 2.80. The Bertz CT molecular complexity index is 669. The van der Waals surface area contributed by atoms with Crippen LogP contribution in [0, 0.1) is 0 Å². The molecule has 1 aromatic carbocycles. The normalized spacial score (nSPS) is 10.2. The summed E-state index contributed by atoms with van der Waals surface area (Å²) in [5.74, 6) is -0.586. The molecule has 0 fully saturated rings. The van der Waals surface area contributed by atoms with Gasteiger partial charge in [0.05, 0.1) is 11.6 Å². The Morgan fingerprint density at radius 2 is 2.23 bits per heavy atom. The molecule has 0 saturated carbocycles. The van der Waals surface area contributed by atoms with Gasteiger partial charge in [-0.2, -0.15) is 0 Å². The number of ether oxygens (including phenoxy) is 1. The predicted octanol–water partition coefficient (Wildman–Crippen LogP) is 2.21. The van der Waals surface area contributed by atoms with E-state index in [1.807, 2.05) is 6.92 Å². The van der Waals surface area contributed by atoms with Crippen molar-refractivity contribution in [2.24, 2.45) is 0 Å². The lowest BCUT2D eigenvalue weighted by Gasteiger charge is -2.07. The van der Waals surface area contributed by atoms with Gasteiger partial charge in [0.1, 0.15) is 5.75 Å². The number of nitrogens with one attached hydrogen (secondary N) is 1. The van der Waals surface area contributed by atoms with E-state index >= 15 is 0 Å². The summed E-state index contributed by atoms with van der Waals surface area (Å²) >= 11 is 1.27. The third-order valence-corrected chi connectivity index (χ3v) is 3.71. The minimum Gasteiger partial charge on any atom is -0.494 e. The summed E-state index contributed by atoms with van der Waals surface area (Å²) in [5.41, 5.74) is 0.562. The molecule has 0 aliphatic carbocycles. The molecule has 0 radical (unpaired) electrons. The van der Waals surface area contributed by atoms with Crippen LogP contribution >= 0.6 is 11.3 Å². The van der Waals surface area contributed by atoms with Gasteiger partial charge in [0, 0.05) is 23.9 Å². The number of thiazole rings is 1. The summed E-state index contributed by atoms with van der Waals surface area (Å²) in [4.78, 5) is 26.7. The smallest absolute Gasteiger partial charge is 0.355 e. The highest BCUT2D eigenvalue weighted by atomic mass is 32.1. The second-order valence-electron chi connectivity index (χ2n) is 4.40. The highest BCUT2D eigenvalue weighted by molar-refractivity contribution is 7.09. The average molecular weight is 320 g/mol. The first-order valence-corrected chi connectivity index (χ1v) is 7.67. The van der Waals surface area contributed by atoms with Crippen LogP contribution in [0.2, 0.25) is 0 Å². The van der Waals surface area contributed by atoms with Crippen molar-refractivity contribution in [1.82, 2.24) is 10.3 Å². The fourth-order valence-corrected chi connectivity index (χ4v) is 2.57. The molecule has 1 amide bonds. The quantitative estimate of drug-likeness (QED) is 0.816. The highest BCUT2D eigenvalue weighted by Gasteiger charge is 2.10. The van der Waals surface area contributed by atoms with Crippen molar-refractivity contribution in [3.05, 3.63) is 45.9 Å². The van der Waals surface area contributed by atoms with E-state index in [0.29, 0.717) is 35.9 Å². The van der Waals surface area contributed by atoms with Gasteiger partial charge in [0.2, 0.25) is 0 Å². The number of aromatic nitrogens is 1. The molecule has 0 bridgehead atoms. The molecule has 1 heterocycles. The number of amides is 1. The van der Waals surface area contributed by atoms with E-state index in [2.05, 4.69) is 10.3 Å². The maximum Gasteiger partial charge on any atom is 0.355 e. The largest absolute Gasteiger partial charge is 0.494 e. The van der Waals surface area contributed by atoms with E-state index in [-0.39, 0.29) is 11.6 Å². The Labute approximate surface area is 131 Å². The van der Waals surface area contributed by atoms with Gasteiger partial charge in [-0.15, -0.1) is 11.3 Å². The van der Waals surface area contributed by atoms with Crippen molar-refractivity contribution in [3.63, 3.8) is 0 Å². The molecule has 22 heavy (non-hydrogen) atoms. The lowest BCUT2D eigenvalue weighted by atomic mass is 10.2. The monoisotopic (exact) mass is 320 g/mol. The highest BCUT2D eigenvalue weighted by Crippen LogP contribution is 2.13. The van der Waals surface area contributed by atoms with Crippen LogP contribution in [0.15, 0.2) is 29.6 Å². The van der Waals surface area contributed by atoms with E-state index in [1.165, 1.54) is 16.7 Å².